The Bertz CT molecular complexity index is 1320. The average molecular weight is 478 g/mol. The molecular formula is C22H18F4N4O4. The van der Waals surface area contributed by atoms with Crippen LogP contribution >= 0.6 is 0 Å². The number of aromatic carboxylic acids is 1. The van der Waals surface area contributed by atoms with E-state index >= 15 is 0 Å². The molecule has 1 amide bonds. The summed E-state index contributed by atoms with van der Waals surface area (Å²) in [5.41, 5.74) is -0.236. The third kappa shape index (κ3) is 5.37. The van der Waals surface area contributed by atoms with Gasteiger partial charge < -0.3 is 25.0 Å². The number of carboxylic acid groups (broad SMARTS) is 1. The minimum Gasteiger partial charge on any atom is -0.495 e. The monoisotopic (exact) mass is 478 g/mol. The summed E-state index contributed by atoms with van der Waals surface area (Å²) in [6.45, 7) is -1.38. The van der Waals surface area contributed by atoms with Crippen LogP contribution in [-0.4, -0.2) is 53.4 Å². The van der Waals surface area contributed by atoms with E-state index in [1.165, 1.54) is 32.4 Å². The lowest BCUT2D eigenvalue weighted by Gasteiger charge is -2.12. The van der Waals surface area contributed by atoms with Gasteiger partial charge in [0.15, 0.2) is 0 Å². The van der Waals surface area contributed by atoms with E-state index in [2.05, 4.69) is 27.5 Å². The highest BCUT2D eigenvalue weighted by Gasteiger charge is 2.29. The molecule has 0 aliphatic heterocycles. The van der Waals surface area contributed by atoms with E-state index in [0.29, 0.717) is 0 Å². The minimum atomic E-state index is -4.52. The van der Waals surface area contributed by atoms with Crippen LogP contribution in [-0.2, 0) is 6.54 Å². The lowest BCUT2D eigenvalue weighted by Crippen LogP contribution is -2.19. The van der Waals surface area contributed by atoms with Gasteiger partial charge in [-0.3, -0.25) is 4.79 Å². The summed E-state index contributed by atoms with van der Waals surface area (Å²) < 4.78 is 58.7. The molecule has 12 heteroatoms. The summed E-state index contributed by atoms with van der Waals surface area (Å²) >= 11 is 0. The SMILES string of the molecule is CNC(=O)c1cc(OC)c(NCC#Cc2cc(C(=O)O)c3ncn(CC(F)(F)F)c3c2)cc1F. The summed E-state index contributed by atoms with van der Waals surface area (Å²) in [5, 5.41) is 14.6. The maximum atomic E-state index is 14.2. The molecule has 0 fully saturated rings. The van der Waals surface area contributed by atoms with Crippen molar-refractivity contribution in [3.8, 4) is 17.6 Å². The molecule has 0 spiro atoms. The molecular weight excluding hydrogens is 460 g/mol. The van der Waals surface area contributed by atoms with Crippen LogP contribution < -0.4 is 15.4 Å². The Labute approximate surface area is 190 Å². The first-order valence-corrected chi connectivity index (χ1v) is 9.65. The Morgan fingerprint density at radius 1 is 1.21 bits per heavy atom. The van der Waals surface area contributed by atoms with Crippen molar-refractivity contribution in [2.45, 2.75) is 12.7 Å². The number of amides is 1. The fraction of sp³-hybridized carbons (Fsp3) is 0.227. The molecule has 0 atom stereocenters. The van der Waals surface area contributed by atoms with E-state index in [4.69, 9.17) is 4.74 Å². The second kappa shape index (κ2) is 9.70. The molecule has 3 N–H and O–H groups in total. The molecule has 1 aromatic heterocycles. The Hall–Kier alpha value is -4.27. The highest BCUT2D eigenvalue weighted by Crippen LogP contribution is 2.28. The second-order valence-corrected chi connectivity index (χ2v) is 6.95. The van der Waals surface area contributed by atoms with Crippen molar-refractivity contribution >= 4 is 28.6 Å². The Morgan fingerprint density at radius 2 is 1.94 bits per heavy atom. The van der Waals surface area contributed by atoms with E-state index in [-0.39, 0.29) is 45.7 Å². The van der Waals surface area contributed by atoms with Gasteiger partial charge in [0.25, 0.3) is 5.91 Å². The zero-order valence-electron chi connectivity index (χ0n) is 17.9. The van der Waals surface area contributed by atoms with Crippen LogP contribution in [0.25, 0.3) is 11.0 Å². The van der Waals surface area contributed by atoms with Crippen molar-refractivity contribution in [2.75, 3.05) is 26.0 Å². The van der Waals surface area contributed by atoms with Gasteiger partial charge in [-0.15, -0.1) is 0 Å². The number of carbonyl (C=O) groups excluding carboxylic acids is 1. The molecule has 0 saturated heterocycles. The van der Waals surface area contributed by atoms with Crippen molar-refractivity contribution < 1.29 is 37.0 Å². The fourth-order valence-corrected chi connectivity index (χ4v) is 3.17. The largest absolute Gasteiger partial charge is 0.495 e. The molecule has 8 nitrogen and oxygen atoms in total. The van der Waals surface area contributed by atoms with E-state index in [9.17, 15) is 32.3 Å². The molecule has 3 rings (SSSR count). The number of anilines is 1. The van der Waals surface area contributed by atoms with Gasteiger partial charge in [0.1, 0.15) is 23.6 Å². The number of alkyl halides is 3. The molecule has 3 aromatic rings. The van der Waals surface area contributed by atoms with Gasteiger partial charge >= 0.3 is 12.1 Å². The number of hydrogen-bond donors (Lipinski definition) is 3. The van der Waals surface area contributed by atoms with Gasteiger partial charge in [-0.25, -0.2) is 14.2 Å². The minimum absolute atomic E-state index is 0.0250. The van der Waals surface area contributed by atoms with Gasteiger partial charge in [-0.2, -0.15) is 13.2 Å². The molecule has 178 valence electrons. The van der Waals surface area contributed by atoms with Crippen LogP contribution in [0.15, 0.2) is 30.6 Å². The van der Waals surface area contributed by atoms with Crippen LogP contribution in [0.4, 0.5) is 23.2 Å². The first-order valence-electron chi connectivity index (χ1n) is 9.65. The summed E-state index contributed by atoms with van der Waals surface area (Å²) in [7, 11) is 2.70. The van der Waals surface area contributed by atoms with E-state index < -0.39 is 30.4 Å². The third-order valence-corrected chi connectivity index (χ3v) is 4.67. The highest BCUT2D eigenvalue weighted by atomic mass is 19.4. The number of nitrogens with zero attached hydrogens (tertiary/aromatic N) is 2. The zero-order chi connectivity index (χ0) is 25.0. The summed E-state index contributed by atoms with van der Waals surface area (Å²) in [5.74, 6) is 2.78. The molecule has 2 aromatic carbocycles. The van der Waals surface area contributed by atoms with Crippen molar-refractivity contribution in [2.24, 2.45) is 0 Å². The standard InChI is InChI=1S/C22H18F4N4O4/c1-27-20(31)13-8-18(34-2)16(9-15(13)23)28-5-3-4-12-6-14(21(32)33)19-17(7-12)30(11-29-19)10-22(24,25)26/h6-9,11,28H,5,10H2,1-2H3,(H,27,31)(H,32,33). The van der Waals surface area contributed by atoms with Crippen LogP contribution in [0.3, 0.4) is 0 Å². The van der Waals surface area contributed by atoms with Crippen molar-refractivity contribution in [1.82, 2.24) is 14.9 Å². The van der Waals surface area contributed by atoms with E-state index in [1.54, 1.807) is 0 Å². The predicted molar refractivity (Wildman–Crippen MR) is 114 cm³/mol. The molecule has 0 radical (unpaired) electrons. The summed E-state index contributed by atoms with van der Waals surface area (Å²) in [6, 6.07) is 4.81. The molecule has 0 bridgehead atoms. The smallest absolute Gasteiger partial charge is 0.406 e. The maximum Gasteiger partial charge on any atom is 0.406 e. The number of imidazole rings is 1. The van der Waals surface area contributed by atoms with Gasteiger partial charge in [0.05, 0.1) is 42.3 Å². The number of rotatable bonds is 6. The number of nitrogens with one attached hydrogen (secondary N) is 2. The Balaban J connectivity index is 1.87. The zero-order valence-corrected chi connectivity index (χ0v) is 17.9. The number of benzene rings is 2. The lowest BCUT2D eigenvalue weighted by molar-refractivity contribution is -0.139. The summed E-state index contributed by atoms with van der Waals surface area (Å²) in [4.78, 5) is 27.1. The number of methoxy groups -OCH3 is 1. The normalized spacial score (nSPS) is 11.0. The quantitative estimate of drug-likeness (QED) is 0.371. The van der Waals surface area contributed by atoms with E-state index in [0.717, 1.165) is 17.0 Å². The lowest BCUT2D eigenvalue weighted by atomic mass is 10.1. The number of aromatic nitrogens is 2. The van der Waals surface area contributed by atoms with Crippen LogP contribution in [0.5, 0.6) is 5.75 Å². The van der Waals surface area contributed by atoms with Gasteiger partial charge in [0, 0.05) is 18.7 Å². The number of ether oxygens (including phenoxy) is 1. The Morgan fingerprint density at radius 3 is 2.56 bits per heavy atom. The molecule has 0 unspecified atom stereocenters. The van der Waals surface area contributed by atoms with Crippen molar-refractivity contribution in [3.05, 3.63) is 53.1 Å². The molecule has 0 aliphatic rings. The highest BCUT2D eigenvalue weighted by molar-refractivity contribution is 6.01. The second-order valence-electron chi connectivity index (χ2n) is 6.95. The molecule has 0 aliphatic carbocycles. The van der Waals surface area contributed by atoms with Crippen LogP contribution in [0.2, 0.25) is 0 Å². The number of fused-ring (bicyclic) bond motifs is 1. The first-order chi connectivity index (χ1) is 16.0. The fourth-order valence-electron chi connectivity index (χ4n) is 3.17. The van der Waals surface area contributed by atoms with Crippen LogP contribution in [0, 0.1) is 17.7 Å². The molecule has 34 heavy (non-hydrogen) atoms. The van der Waals surface area contributed by atoms with Gasteiger partial charge in [-0.1, -0.05) is 11.8 Å². The maximum absolute atomic E-state index is 14.2. The predicted octanol–water partition coefficient (Wildman–Crippen LogP) is 3.27. The van der Waals surface area contributed by atoms with Crippen molar-refractivity contribution in [3.63, 3.8) is 0 Å². The van der Waals surface area contributed by atoms with Gasteiger partial charge in [-0.05, 0) is 18.2 Å². The summed E-state index contributed by atoms with van der Waals surface area (Å²) in [6.07, 6.45) is -3.60. The third-order valence-electron chi connectivity index (χ3n) is 4.67. The topological polar surface area (TPSA) is 105 Å². The Kier molecular flexibility index (Phi) is 6.95. The molecule has 0 saturated carbocycles. The average Bonchev–Trinajstić information content (AvgIpc) is 3.16. The number of halogens is 4. The van der Waals surface area contributed by atoms with Gasteiger partial charge in [0.2, 0.25) is 0 Å². The van der Waals surface area contributed by atoms with Crippen molar-refractivity contribution in [1.29, 1.82) is 0 Å². The molecule has 1 heterocycles. The first kappa shape index (κ1) is 24.4. The van der Waals surface area contributed by atoms with Crippen LogP contribution in [0.1, 0.15) is 26.3 Å². The number of carboxylic acids is 1. The number of hydrogen-bond acceptors (Lipinski definition) is 5. The number of carbonyl (C=O) groups is 2. The van der Waals surface area contributed by atoms with E-state index in [1.807, 2.05) is 0 Å².